The average Bonchev–Trinajstić information content (AvgIpc) is 4.00. The van der Waals surface area contributed by atoms with Crippen LogP contribution in [0.3, 0.4) is 0 Å². The Morgan fingerprint density at radius 2 is 1.81 bits per heavy atom. The summed E-state index contributed by atoms with van der Waals surface area (Å²) < 4.78 is 45.4. The maximum absolute atomic E-state index is 14.9. The number of benzene rings is 1. The smallest absolute Gasteiger partial charge is 0.408 e. The van der Waals surface area contributed by atoms with Crippen LogP contribution in [0, 0.1) is 17.8 Å². The number of nitrogens with one attached hydrogen (secondary N) is 3. The number of nitrogens with zero attached hydrogens (tertiary/aromatic N) is 3. The first kappa shape index (κ1) is 42.0. The van der Waals surface area contributed by atoms with E-state index in [-0.39, 0.29) is 31.2 Å². The van der Waals surface area contributed by atoms with Crippen LogP contribution in [0.5, 0.6) is 11.6 Å². The lowest BCUT2D eigenvalue weighted by atomic mass is 9.88. The number of fused-ring (bicyclic) bond motifs is 3. The Morgan fingerprint density at radius 1 is 1.09 bits per heavy atom. The Balaban J connectivity index is 1.37. The van der Waals surface area contributed by atoms with Crippen molar-refractivity contribution in [3.8, 4) is 11.6 Å². The number of rotatable bonds is 8. The topological polar surface area (TPSA) is 186 Å². The molecule has 3 fully saturated rings. The number of carbonyl (C=O) groups excluding carboxylic acids is 4. The van der Waals surface area contributed by atoms with Crippen molar-refractivity contribution in [3.05, 3.63) is 36.4 Å². The van der Waals surface area contributed by atoms with Crippen molar-refractivity contribution in [2.45, 2.75) is 121 Å². The maximum Gasteiger partial charge on any atom is 0.408 e. The molecule has 7 atom stereocenters. The molecule has 2 aliphatic carbocycles. The SMILES string of the molecule is COc1ccc2c(O[C@@H]3C[C@H]4C(=O)N[C@]5(C(=O)NS(=O)(=O)C6(C)CC6)C[C@H]5/C=C\CC[C@H](C)C[C@@H](C)[C@H](NC(=O)OC(C)(C)C)C(=O)N4C3)nc(N(C)C)cc2c1. The number of anilines is 1. The van der Waals surface area contributed by atoms with Crippen LogP contribution in [-0.4, -0.2) is 104 Å². The molecule has 1 aromatic heterocycles. The summed E-state index contributed by atoms with van der Waals surface area (Å²) in [5, 5.41) is 7.25. The zero-order valence-electron chi connectivity index (χ0n) is 34.5. The van der Waals surface area contributed by atoms with E-state index in [0.717, 1.165) is 11.8 Å². The van der Waals surface area contributed by atoms with Crippen LogP contribution >= 0.6 is 0 Å². The third-order valence-corrected chi connectivity index (χ3v) is 13.8. The van der Waals surface area contributed by atoms with Gasteiger partial charge >= 0.3 is 6.09 Å². The van der Waals surface area contributed by atoms with Crippen LogP contribution in [0.4, 0.5) is 10.6 Å². The highest BCUT2D eigenvalue weighted by Gasteiger charge is 2.63. The number of ether oxygens (including phenoxy) is 3. The first-order valence-electron chi connectivity index (χ1n) is 19.8. The van der Waals surface area contributed by atoms with Crippen LogP contribution in [0.15, 0.2) is 36.4 Å². The standard InChI is InChI=1S/C41H58N6O9S/c1-24-12-10-11-13-27-22-41(27,37(50)45-57(52,53)40(6)16-17-40)44-34(48)31-21-29(23-47(31)36(49)33(25(2)18-24)43-38(51)56-39(3,4)5)55-35-30-15-14-28(54-9)19-26(30)20-32(42-35)46(7)8/h11,13-15,19-20,24-25,27,29,31,33H,10,12,16-18,21-23H2,1-9H3,(H,43,51)(H,44,48)(H,45,50)/b13-11-/t24-,25+,27+,29+,31-,33-,41+/m0/s1. The number of pyridine rings is 1. The number of sulfonamides is 1. The summed E-state index contributed by atoms with van der Waals surface area (Å²) in [7, 11) is 1.29. The number of hydrogen-bond donors (Lipinski definition) is 3. The molecule has 312 valence electrons. The summed E-state index contributed by atoms with van der Waals surface area (Å²) in [5.74, 6) is -1.03. The zero-order chi connectivity index (χ0) is 41.7. The van der Waals surface area contributed by atoms with E-state index >= 15 is 0 Å². The van der Waals surface area contributed by atoms with Gasteiger partial charge in [0.2, 0.25) is 27.7 Å². The zero-order valence-corrected chi connectivity index (χ0v) is 35.3. The molecule has 4 aliphatic rings. The van der Waals surface area contributed by atoms with Gasteiger partial charge in [0.05, 0.1) is 18.4 Å². The van der Waals surface area contributed by atoms with Gasteiger partial charge in [0.15, 0.2) is 0 Å². The van der Waals surface area contributed by atoms with E-state index in [9.17, 15) is 27.6 Å². The Kier molecular flexibility index (Phi) is 11.5. The third kappa shape index (κ3) is 9.10. The van der Waals surface area contributed by atoms with Gasteiger partial charge in [0, 0.05) is 31.8 Å². The maximum atomic E-state index is 14.9. The number of allylic oxidation sites excluding steroid dienone is 1. The van der Waals surface area contributed by atoms with E-state index in [0.29, 0.717) is 48.5 Å². The van der Waals surface area contributed by atoms with E-state index in [1.807, 2.05) is 56.3 Å². The molecule has 0 unspecified atom stereocenters. The molecule has 1 saturated heterocycles. The van der Waals surface area contributed by atoms with Gasteiger partial charge in [0.1, 0.15) is 40.9 Å². The van der Waals surface area contributed by atoms with Crippen molar-refractivity contribution >= 4 is 50.4 Å². The van der Waals surface area contributed by atoms with Crippen molar-refractivity contribution < 1.29 is 41.8 Å². The molecule has 0 spiro atoms. The van der Waals surface area contributed by atoms with Crippen molar-refractivity contribution in [2.24, 2.45) is 17.8 Å². The van der Waals surface area contributed by atoms with Gasteiger partial charge < -0.3 is 34.6 Å². The lowest BCUT2D eigenvalue weighted by Gasteiger charge is -2.33. The second-order valence-electron chi connectivity index (χ2n) is 17.9. The molecule has 0 bridgehead atoms. The second kappa shape index (κ2) is 15.6. The van der Waals surface area contributed by atoms with E-state index in [1.54, 1.807) is 40.9 Å². The monoisotopic (exact) mass is 810 g/mol. The van der Waals surface area contributed by atoms with Gasteiger partial charge in [-0.15, -0.1) is 0 Å². The summed E-state index contributed by atoms with van der Waals surface area (Å²) in [5.41, 5.74) is -2.37. The van der Waals surface area contributed by atoms with Gasteiger partial charge in [-0.2, -0.15) is 4.98 Å². The third-order valence-electron chi connectivity index (χ3n) is 11.6. The van der Waals surface area contributed by atoms with E-state index in [4.69, 9.17) is 19.2 Å². The highest BCUT2D eigenvalue weighted by Crippen LogP contribution is 2.47. The number of hydrogen-bond acceptors (Lipinski definition) is 11. The largest absolute Gasteiger partial charge is 0.497 e. The normalized spacial score (nSPS) is 29.4. The molecule has 2 saturated carbocycles. The summed E-state index contributed by atoms with van der Waals surface area (Å²) in [6, 6.07) is 5.21. The second-order valence-corrected chi connectivity index (χ2v) is 20.0. The van der Waals surface area contributed by atoms with E-state index in [2.05, 4.69) is 22.3 Å². The Morgan fingerprint density at radius 3 is 2.46 bits per heavy atom. The average molecular weight is 811 g/mol. The first-order valence-corrected chi connectivity index (χ1v) is 21.3. The predicted molar refractivity (Wildman–Crippen MR) is 215 cm³/mol. The summed E-state index contributed by atoms with van der Waals surface area (Å²) in [4.78, 5) is 64.7. The van der Waals surface area contributed by atoms with E-state index < -0.39 is 73.8 Å². The molecular formula is C41H58N6O9S. The van der Waals surface area contributed by atoms with Crippen molar-refractivity contribution in [2.75, 3.05) is 32.6 Å². The van der Waals surface area contributed by atoms with Crippen molar-refractivity contribution in [3.63, 3.8) is 0 Å². The molecule has 2 aliphatic heterocycles. The number of methoxy groups -OCH3 is 1. The molecule has 1 aromatic carbocycles. The van der Waals surface area contributed by atoms with Crippen LogP contribution in [0.2, 0.25) is 0 Å². The van der Waals surface area contributed by atoms with Gasteiger partial charge in [-0.05, 0) is 108 Å². The summed E-state index contributed by atoms with van der Waals surface area (Å²) in [6.07, 6.45) is 5.46. The quantitative estimate of drug-likeness (QED) is 0.321. The van der Waals surface area contributed by atoms with Crippen LogP contribution in [0.25, 0.3) is 10.8 Å². The molecule has 0 radical (unpaired) electrons. The minimum atomic E-state index is -4.01. The molecule has 2 aromatic rings. The minimum Gasteiger partial charge on any atom is -0.497 e. The van der Waals surface area contributed by atoms with Gasteiger partial charge in [-0.1, -0.05) is 26.0 Å². The number of carbonyl (C=O) groups is 4. The molecule has 15 nitrogen and oxygen atoms in total. The molecule has 16 heteroatoms. The van der Waals surface area contributed by atoms with Crippen LogP contribution in [0.1, 0.15) is 86.5 Å². The van der Waals surface area contributed by atoms with Crippen molar-refractivity contribution in [1.29, 1.82) is 0 Å². The highest BCUT2D eigenvalue weighted by molar-refractivity contribution is 7.91. The molecule has 6 rings (SSSR count). The Labute approximate surface area is 335 Å². The van der Waals surface area contributed by atoms with Gasteiger partial charge in [-0.25, -0.2) is 13.2 Å². The molecule has 3 N–H and O–H groups in total. The minimum absolute atomic E-state index is 0.0294. The van der Waals surface area contributed by atoms with Crippen LogP contribution in [-0.2, 0) is 29.1 Å². The molecule has 57 heavy (non-hydrogen) atoms. The number of alkyl carbamates (subject to hydrolysis) is 1. The fourth-order valence-electron chi connectivity index (χ4n) is 7.83. The molecule has 3 heterocycles. The summed E-state index contributed by atoms with van der Waals surface area (Å²) in [6.45, 7) is 10.7. The predicted octanol–water partition coefficient (Wildman–Crippen LogP) is 4.44. The van der Waals surface area contributed by atoms with Crippen LogP contribution < -0.4 is 29.7 Å². The highest BCUT2D eigenvalue weighted by atomic mass is 32.2. The van der Waals surface area contributed by atoms with E-state index in [1.165, 1.54) is 4.90 Å². The number of amides is 4. The summed E-state index contributed by atoms with van der Waals surface area (Å²) >= 11 is 0. The molecular weight excluding hydrogens is 753 g/mol. The Bertz CT molecular complexity index is 2040. The van der Waals surface area contributed by atoms with Crippen molar-refractivity contribution in [1.82, 2.24) is 25.2 Å². The fourth-order valence-corrected chi connectivity index (χ4v) is 9.14. The lowest BCUT2D eigenvalue weighted by molar-refractivity contribution is -0.142. The number of aromatic nitrogens is 1. The lowest BCUT2D eigenvalue weighted by Crippen LogP contribution is -2.59. The Hall–Kier alpha value is -4.60. The van der Waals surface area contributed by atoms with Gasteiger partial charge in [-0.3, -0.25) is 19.1 Å². The first-order chi connectivity index (χ1) is 26.6. The molecule has 4 amide bonds. The van der Waals surface area contributed by atoms with Gasteiger partial charge in [0.25, 0.3) is 5.91 Å². The fraction of sp³-hybridized carbons (Fsp3) is 0.634.